The number of rotatable bonds is 5. The molecule has 8 aromatic carbocycles. The molecule has 0 N–H and O–H groups in total. The number of nitrogens with zero attached hydrogens (tertiary/aromatic N) is 2. The van der Waals surface area contributed by atoms with E-state index in [2.05, 4.69) is 219 Å². The molecule has 0 amide bonds. The quantitative estimate of drug-likeness (QED) is 0.172. The van der Waals surface area contributed by atoms with Crippen molar-refractivity contribution in [3.8, 4) is 39.1 Å². The Kier molecular flexibility index (Phi) is 6.98. The van der Waals surface area contributed by atoms with Crippen LogP contribution in [0.15, 0.2) is 182 Å². The Morgan fingerprint density at radius 1 is 0.393 bits per heavy atom. The summed E-state index contributed by atoms with van der Waals surface area (Å²) in [6, 6.07) is 67.6. The molecule has 0 radical (unpaired) electrons. The molecule has 0 fully saturated rings. The van der Waals surface area contributed by atoms with Gasteiger partial charge >= 0.3 is 0 Å². The van der Waals surface area contributed by atoms with Gasteiger partial charge in [0.25, 0.3) is 0 Å². The molecule has 0 spiro atoms. The minimum Gasteiger partial charge on any atom is -0.310 e. The maximum atomic E-state index is 2.51. The first-order valence-corrected chi connectivity index (χ1v) is 19.8. The van der Waals surface area contributed by atoms with Gasteiger partial charge in [-0.25, -0.2) is 0 Å². The van der Waals surface area contributed by atoms with Gasteiger partial charge in [0.05, 0.1) is 16.7 Å². The van der Waals surface area contributed by atoms with Crippen molar-refractivity contribution in [2.75, 3.05) is 4.90 Å². The number of hydrogen-bond acceptors (Lipinski definition) is 1. The fourth-order valence-electron chi connectivity index (χ4n) is 10.0. The van der Waals surface area contributed by atoms with Crippen LogP contribution in [0, 0.1) is 0 Å². The van der Waals surface area contributed by atoms with Crippen LogP contribution in [0.1, 0.15) is 49.9 Å². The zero-order chi connectivity index (χ0) is 37.8. The van der Waals surface area contributed by atoms with Crippen LogP contribution < -0.4 is 4.90 Å². The summed E-state index contributed by atoms with van der Waals surface area (Å²) in [4.78, 5) is 2.51. The Hall–Kier alpha value is -6.64. The van der Waals surface area contributed by atoms with Crippen LogP contribution in [0.5, 0.6) is 0 Å². The second-order valence-corrected chi connectivity index (χ2v) is 16.6. The molecule has 1 aromatic heterocycles. The van der Waals surface area contributed by atoms with Crippen LogP contribution in [0.3, 0.4) is 0 Å². The summed E-state index contributed by atoms with van der Waals surface area (Å²) in [5, 5.41) is 2.54. The summed E-state index contributed by atoms with van der Waals surface area (Å²) in [5.74, 6) is 0. The molecule has 2 heteroatoms. The zero-order valence-corrected chi connectivity index (χ0v) is 32.2. The lowest BCUT2D eigenvalue weighted by Gasteiger charge is -2.30. The Balaban J connectivity index is 1.11. The van der Waals surface area contributed by atoms with E-state index in [9.17, 15) is 0 Å². The van der Waals surface area contributed by atoms with Crippen molar-refractivity contribution in [1.82, 2.24) is 4.57 Å². The third-order valence-electron chi connectivity index (χ3n) is 12.8. The number of para-hydroxylation sites is 2. The maximum absolute atomic E-state index is 2.51. The average Bonchev–Trinajstić information content (AvgIpc) is 3.78. The zero-order valence-electron chi connectivity index (χ0n) is 32.2. The van der Waals surface area contributed by atoms with E-state index in [0.717, 1.165) is 17.1 Å². The third-order valence-corrected chi connectivity index (χ3v) is 12.8. The summed E-state index contributed by atoms with van der Waals surface area (Å²) in [6.45, 7) is 9.44. The Morgan fingerprint density at radius 3 is 1.68 bits per heavy atom. The van der Waals surface area contributed by atoms with Gasteiger partial charge in [0.15, 0.2) is 0 Å². The van der Waals surface area contributed by atoms with Gasteiger partial charge in [-0.1, -0.05) is 155 Å². The highest BCUT2D eigenvalue weighted by Gasteiger charge is 2.39. The molecule has 0 saturated heterocycles. The molecule has 1 heterocycles. The van der Waals surface area contributed by atoms with Crippen LogP contribution in [-0.4, -0.2) is 4.57 Å². The smallest absolute Gasteiger partial charge is 0.0543 e. The molecule has 2 nitrogen and oxygen atoms in total. The first-order chi connectivity index (χ1) is 27.3. The van der Waals surface area contributed by atoms with E-state index in [1.165, 1.54) is 83.1 Å². The maximum Gasteiger partial charge on any atom is 0.0543 e. The first kappa shape index (κ1) is 32.8. The molecule has 56 heavy (non-hydrogen) atoms. The molecule has 9 aromatic rings. The van der Waals surface area contributed by atoms with Crippen molar-refractivity contribution in [3.63, 3.8) is 0 Å². The van der Waals surface area contributed by atoms with E-state index in [0.29, 0.717) is 0 Å². The van der Waals surface area contributed by atoms with Crippen LogP contribution in [0.4, 0.5) is 17.1 Å². The lowest BCUT2D eigenvalue weighted by molar-refractivity contribution is 0.660. The van der Waals surface area contributed by atoms with E-state index < -0.39 is 0 Å². The summed E-state index contributed by atoms with van der Waals surface area (Å²) in [5.41, 5.74) is 20.0. The normalized spacial score (nSPS) is 14.4. The lowest BCUT2D eigenvalue weighted by Crippen LogP contribution is -2.16. The number of hydrogen-bond donors (Lipinski definition) is 0. The van der Waals surface area contributed by atoms with E-state index in [1.54, 1.807) is 0 Å². The fourth-order valence-corrected chi connectivity index (χ4v) is 10.0. The topological polar surface area (TPSA) is 8.17 Å². The first-order valence-electron chi connectivity index (χ1n) is 19.8. The van der Waals surface area contributed by atoms with Crippen molar-refractivity contribution in [3.05, 3.63) is 204 Å². The number of benzene rings is 8. The highest BCUT2D eigenvalue weighted by Crippen LogP contribution is 2.56. The van der Waals surface area contributed by atoms with Crippen molar-refractivity contribution >= 4 is 38.9 Å². The Morgan fingerprint density at radius 2 is 0.929 bits per heavy atom. The monoisotopic (exact) mass is 718 g/mol. The third kappa shape index (κ3) is 4.62. The standard InChI is InChI=1S/C54H42N2/c1-53(2)45-24-9-5-20-40(45)44-34-39(30-31-47(44)53)55(51-29-15-26-48-52(51)43-23-6-10-25-46(43)54(48,3)4)37-18-13-16-35(32-37)36-17-14-19-38(33-36)56-49-27-11-7-21-41(49)42-22-8-12-28-50(42)56/h5-34H,1-4H3. The molecule has 268 valence electrons. The van der Waals surface area contributed by atoms with Gasteiger partial charge in [0, 0.05) is 44.2 Å². The predicted octanol–water partition coefficient (Wildman–Crippen LogP) is 14.5. The second kappa shape index (κ2) is 11.9. The molecule has 2 aliphatic carbocycles. The van der Waals surface area contributed by atoms with Crippen LogP contribution >= 0.6 is 0 Å². The Labute approximate surface area is 328 Å². The van der Waals surface area contributed by atoms with Gasteiger partial charge in [-0.3, -0.25) is 0 Å². The molecule has 0 bridgehead atoms. The van der Waals surface area contributed by atoms with E-state index in [1.807, 2.05) is 0 Å². The van der Waals surface area contributed by atoms with Gasteiger partial charge in [-0.05, 0) is 105 Å². The molecule has 0 unspecified atom stereocenters. The molecule has 0 saturated carbocycles. The van der Waals surface area contributed by atoms with Gasteiger partial charge < -0.3 is 9.47 Å². The van der Waals surface area contributed by atoms with E-state index >= 15 is 0 Å². The molecule has 0 aliphatic heterocycles. The van der Waals surface area contributed by atoms with E-state index in [4.69, 9.17) is 0 Å². The molecule has 11 rings (SSSR count). The average molecular weight is 719 g/mol. The van der Waals surface area contributed by atoms with Gasteiger partial charge in [0.1, 0.15) is 0 Å². The van der Waals surface area contributed by atoms with Gasteiger partial charge in [-0.2, -0.15) is 0 Å². The van der Waals surface area contributed by atoms with Crippen LogP contribution in [0.25, 0.3) is 60.9 Å². The predicted molar refractivity (Wildman–Crippen MR) is 236 cm³/mol. The lowest BCUT2D eigenvalue weighted by atomic mass is 9.82. The van der Waals surface area contributed by atoms with E-state index in [-0.39, 0.29) is 10.8 Å². The van der Waals surface area contributed by atoms with Crippen molar-refractivity contribution < 1.29 is 0 Å². The Bertz CT molecular complexity index is 2990. The largest absolute Gasteiger partial charge is 0.310 e. The summed E-state index contributed by atoms with van der Waals surface area (Å²) < 4.78 is 2.40. The minimum absolute atomic E-state index is 0.0620. The summed E-state index contributed by atoms with van der Waals surface area (Å²) in [7, 11) is 0. The number of fused-ring (bicyclic) bond motifs is 9. The number of anilines is 3. The SMILES string of the molecule is CC1(C)c2ccccc2-c2cc(N(c3cccc(-c4cccc(-n5c6ccccc6c6ccccc65)c4)c3)c3cccc4c3-c3ccccc3C4(C)C)ccc21. The molecular formula is C54H42N2. The molecule has 0 atom stereocenters. The van der Waals surface area contributed by atoms with Crippen molar-refractivity contribution in [1.29, 1.82) is 0 Å². The number of aromatic nitrogens is 1. The minimum atomic E-state index is -0.108. The fraction of sp³-hybridized carbons (Fsp3) is 0.111. The molecular weight excluding hydrogens is 677 g/mol. The van der Waals surface area contributed by atoms with Gasteiger partial charge in [-0.15, -0.1) is 0 Å². The van der Waals surface area contributed by atoms with Crippen LogP contribution in [0.2, 0.25) is 0 Å². The van der Waals surface area contributed by atoms with Gasteiger partial charge in [0.2, 0.25) is 0 Å². The van der Waals surface area contributed by atoms with Crippen molar-refractivity contribution in [2.45, 2.75) is 38.5 Å². The summed E-state index contributed by atoms with van der Waals surface area (Å²) in [6.07, 6.45) is 0. The highest BCUT2D eigenvalue weighted by atomic mass is 15.1. The summed E-state index contributed by atoms with van der Waals surface area (Å²) >= 11 is 0. The molecule has 2 aliphatic rings. The second-order valence-electron chi connectivity index (χ2n) is 16.6. The highest BCUT2D eigenvalue weighted by molar-refractivity contribution is 6.09. The van der Waals surface area contributed by atoms with Crippen molar-refractivity contribution in [2.24, 2.45) is 0 Å². The van der Waals surface area contributed by atoms with Crippen LogP contribution in [-0.2, 0) is 10.8 Å².